The number of nitro benzene ring substituents is 1. The van der Waals surface area contributed by atoms with Gasteiger partial charge in [-0.1, -0.05) is 12.1 Å². The standard InChI is InChI=1S/C17H12N2O13S3/c20-12-7-14(34(27,28)29)16(35(30,31)32)10-2-1-3-11(15(10)12)18-17(21)9-5-4-8(19(22)23)6-13(9)33(24,25)26/h1-7,20H,(H,18,21)(H,24,25,26)(H,27,28,29)(H,30,31,32). The van der Waals surface area contributed by atoms with Crippen LogP contribution in [-0.2, 0) is 30.4 Å². The number of carbonyl (C=O) groups is 1. The van der Waals surface area contributed by atoms with Crippen LogP contribution in [0.2, 0.25) is 0 Å². The van der Waals surface area contributed by atoms with E-state index in [4.69, 9.17) is 0 Å². The van der Waals surface area contributed by atoms with Gasteiger partial charge >= 0.3 is 0 Å². The second-order valence-electron chi connectivity index (χ2n) is 6.77. The normalized spacial score (nSPS) is 12.4. The summed E-state index contributed by atoms with van der Waals surface area (Å²) >= 11 is 0. The number of anilines is 1. The second-order valence-corrected chi connectivity index (χ2v) is 10.9. The minimum atomic E-state index is -5.34. The van der Waals surface area contributed by atoms with Crippen molar-refractivity contribution >= 4 is 58.4 Å². The molecule has 0 aliphatic heterocycles. The van der Waals surface area contributed by atoms with E-state index in [1.54, 1.807) is 0 Å². The van der Waals surface area contributed by atoms with E-state index in [1.165, 1.54) is 0 Å². The summed E-state index contributed by atoms with van der Waals surface area (Å²) in [6.45, 7) is 0. The molecule has 0 aliphatic carbocycles. The number of phenols is 1. The number of non-ortho nitro benzene ring substituents is 1. The molecule has 0 spiro atoms. The number of carbonyl (C=O) groups excluding carboxylic acids is 1. The highest BCUT2D eigenvalue weighted by Gasteiger charge is 2.30. The molecule has 0 aromatic heterocycles. The minimum absolute atomic E-state index is 0.298. The monoisotopic (exact) mass is 548 g/mol. The number of hydrogen-bond donors (Lipinski definition) is 5. The van der Waals surface area contributed by atoms with E-state index < -0.39 is 89.3 Å². The lowest BCUT2D eigenvalue weighted by Gasteiger charge is -2.15. The van der Waals surface area contributed by atoms with Gasteiger partial charge in [-0.3, -0.25) is 28.6 Å². The SMILES string of the molecule is O=C(Nc1cccc2c(S(=O)(=O)O)c(S(=O)(=O)O)cc(O)c12)c1ccc([N+](=O)[O-])cc1S(=O)(=O)O. The summed E-state index contributed by atoms with van der Waals surface area (Å²) in [5.41, 5.74) is -1.98. The Morgan fingerprint density at radius 2 is 1.46 bits per heavy atom. The highest BCUT2D eigenvalue weighted by molar-refractivity contribution is 7.89. The maximum absolute atomic E-state index is 12.8. The number of benzene rings is 3. The zero-order valence-electron chi connectivity index (χ0n) is 16.7. The lowest BCUT2D eigenvalue weighted by atomic mass is 10.1. The number of phenolic OH excluding ortho intramolecular Hbond substituents is 1. The van der Waals surface area contributed by atoms with Crippen LogP contribution in [0.1, 0.15) is 10.4 Å². The molecule has 0 unspecified atom stereocenters. The van der Waals surface area contributed by atoms with Gasteiger partial charge in [-0.2, -0.15) is 25.3 Å². The van der Waals surface area contributed by atoms with Crippen LogP contribution in [-0.4, -0.2) is 54.8 Å². The summed E-state index contributed by atoms with van der Waals surface area (Å²) in [6, 6.07) is 5.24. The third-order valence-electron chi connectivity index (χ3n) is 4.54. The molecule has 3 rings (SSSR count). The Balaban J connectivity index is 2.28. The first kappa shape index (κ1) is 25.9. The van der Waals surface area contributed by atoms with Gasteiger partial charge in [0, 0.05) is 29.0 Å². The Hall–Kier alpha value is -3.68. The van der Waals surface area contributed by atoms with E-state index in [0.717, 1.165) is 24.3 Å². The molecule has 15 nitrogen and oxygen atoms in total. The van der Waals surface area contributed by atoms with Crippen LogP contribution in [0.3, 0.4) is 0 Å². The van der Waals surface area contributed by atoms with Gasteiger partial charge in [0.25, 0.3) is 41.9 Å². The number of nitrogens with one attached hydrogen (secondary N) is 1. The van der Waals surface area contributed by atoms with Crippen LogP contribution in [0.25, 0.3) is 10.8 Å². The maximum Gasteiger partial charge on any atom is 0.296 e. The van der Waals surface area contributed by atoms with Crippen molar-refractivity contribution in [2.24, 2.45) is 0 Å². The number of nitrogens with zero attached hydrogens (tertiary/aromatic N) is 1. The first-order valence-corrected chi connectivity index (χ1v) is 13.1. The van der Waals surface area contributed by atoms with E-state index in [9.17, 15) is 58.9 Å². The molecule has 1 amide bonds. The van der Waals surface area contributed by atoms with Gasteiger partial charge < -0.3 is 10.4 Å². The van der Waals surface area contributed by atoms with Crippen molar-refractivity contribution in [1.29, 1.82) is 0 Å². The lowest BCUT2D eigenvalue weighted by molar-refractivity contribution is -0.385. The minimum Gasteiger partial charge on any atom is -0.507 e. The average molecular weight is 548 g/mol. The third kappa shape index (κ3) is 5.06. The third-order valence-corrected chi connectivity index (χ3v) is 7.40. The molecule has 0 aliphatic rings. The quantitative estimate of drug-likeness (QED) is 0.166. The Morgan fingerprint density at radius 3 is 1.97 bits per heavy atom. The van der Waals surface area contributed by atoms with Crippen molar-refractivity contribution in [2.45, 2.75) is 14.7 Å². The molecule has 0 heterocycles. The molecular weight excluding hydrogens is 536 g/mol. The highest BCUT2D eigenvalue weighted by Crippen LogP contribution is 2.40. The van der Waals surface area contributed by atoms with Gasteiger partial charge in [-0.25, -0.2) is 0 Å². The molecule has 0 saturated carbocycles. The molecule has 18 heteroatoms. The summed E-state index contributed by atoms with van der Waals surface area (Å²) in [6.07, 6.45) is 0. The van der Waals surface area contributed by atoms with E-state index in [1.807, 2.05) is 0 Å². The smallest absolute Gasteiger partial charge is 0.296 e. The zero-order valence-corrected chi connectivity index (χ0v) is 19.1. The number of amides is 1. The molecule has 35 heavy (non-hydrogen) atoms. The summed E-state index contributed by atoms with van der Waals surface area (Å²) < 4.78 is 98.6. The average Bonchev–Trinajstić information content (AvgIpc) is 2.70. The van der Waals surface area contributed by atoms with E-state index in [-0.39, 0.29) is 0 Å². The Bertz CT molecular complexity index is 1750. The molecule has 0 radical (unpaired) electrons. The van der Waals surface area contributed by atoms with E-state index in [0.29, 0.717) is 18.2 Å². The molecule has 0 atom stereocenters. The van der Waals surface area contributed by atoms with Crippen molar-refractivity contribution in [3.63, 3.8) is 0 Å². The van der Waals surface area contributed by atoms with Gasteiger partial charge in [0.05, 0.1) is 16.2 Å². The summed E-state index contributed by atoms with van der Waals surface area (Å²) in [7, 11) is -15.8. The Kier molecular flexibility index (Phi) is 6.31. The first-order valence-electron chi connectivity index (χ1n) is 8.74. The van der Waals surface area contributed by atoms with E-state index >= 15 is 0 Å². The largest absolute Gasteiger partial charge is 0.507 e. The molecular formula is C17H12N2O13S3. The van der Waals surface area contributed by atoms with Gasteiger partial charge in [0.15, 0.2) is 0 Å². The van der Waals surface area contributed by atoms with Crippen molar-refractivity contribution in [1.82, 2.24) is 0 Å². The number of rotatable bonds is 6. The molecule has 3 aromatic rings. The topological polar surface area (TPSA) is 256 Å². The number of hydrogen-bond acceptors (Lipinski definition) is 10. The molecule has 0 fully saturated rings. The first-order chi connectivity index (χ1) is 15.9. The summed E-state index contributed by atoms with van der Waals surface area (Å²) in [4.78, 5) is 18.9. The van der Waals surface area contributed by atoms with Crippen molar-refractivity contribution < 1.29 is 53.7 Å². The molecule has 186 valence electrons. The zero-order chi connectivity index (χ0) is 26.5. The van der Waals surface area contributed by atoms with Gasteiger partial charge in [-0.05, 0) is 12.1 Å². The van der Waals surface area contributed by atoms with Gasteiger partial charge in [0.1, 0.15) is 20.4 Å². The van der Waals surface area contributed by atoms with Crippen molar-refractivity contribution in [3.8, 4) is 5.75 Å². The van der Waals surface area contributed by atoms with Crippen molar-refractivity contribution in [3.05, 3.63) is 58.1 Å². The predicted octanol–water partition coefficient (Wildman–Crippen LogP) is 1.45. The molecule has 0 saturated heterocycles. The number of aromatic hydroxyl groups is 1. The van der Waals surface area contributed by atoms with Crippen molar-refractivity contribution in [2.75, 3.05) is 5.32 Å². The van der Waals surface area contributed by atoms with Crippen LogP contribution in [0, 0.1) is 10.1 Å². The van der Waals surface area contributed by atoms with Gasteiger partial charge in [-0.15, -0.1) is 0 Å². The summed E-state index contributed by atoms with van der Waals surface area (Å²) in [5.74, 6) is -2.28. The van der Waals surface area contributed by atoms with Crippen LogP contribution < -0.4 is 5.32 Å². The van der Waals surface area contributed by atoms with Gasteiger partial charge in [0.2, 0.25) is 0 Å². The fraction of sp³-hybridized carbons (Fsp3) is 0. The van der Waals surface area contributed by atoms with Crippen LogP contribution in [0.5, 0.6) is 5.75 Å². The Labute approximate surface area is 196 Å². The van der Waals surface area contributed by atoms with Crippen LogP contribution in [0.4, 0.5) is 11.4 Å². The molecule has 3 aromatic carbocycles. The maximum atomic E-state index is 12.8. The fourth-order valence-corrected chi connectivity index (χ4v) is 5.90. The Morgan fingerprint density at radius 1 is 0.857 bits per heavy atom. The number of fused-ring (bicyclic) bond motifs is 1. The highest BCUT2D eigenvalue weighted by atomic mass is 32.2. The lowest BCUT2D eigenvalue weighted by Crippen LogP contribution is -2.17. The number of nitro groups is 1. The fourth-order valence-electron chi connectivity index (χ4n) is 3.19. The van der Waals surface area contributed by atoms with Crippen LogP contribution in [0.15, 0.2) is 57.2 Å². The predicted molar refractivity (Wildman–Crippen MR) is 116 cm³/mol. The molecule has 5 N–H and O–H groups in total. The van der Waals surface area contributed by atoms with E-state index in [2.05, 4.69) is 5.32 Å². The summed E-state index contributed by atoms with van der Waals surface area (Å²) in [5, 5.41) is 22.2. The van der Waals surface area contributed by atoms with Crippen LogP contribution >= 0.6 is 0 Å². The second kappa shape index (κ2) is 8.52. The molecule has 0 bridgehead atoms.